The van der Waals surface area contributed by atoms with Crippen LogP contribution in [-0.4, -0.2) is 45.4 Å². The quantitative estimate of drug-likeness (QED) is 0.879. The van der Waals surface area contributed by atoms with E-state index < -0.39 is 5.97 Å². The van der Waals surface area contributed by atoms with Gasteiger partial charge in [0, 0.05) is 31.9 Å². The maximum absolute atomic E-state index is 11.2. The third-order valence-corrected chi connectivity index (χ3v) is 4.83. The summed E-state index contributed by atoms with van der Waals surface area (Å²) in [5.41, 5.74) is 3.44. The predicted octanol–water partition coefficient (Wildman–Crippen LogP) is 3.04. The Morgan fingerprint density at radius 3 is 2.80 bits per heavy atom. The molecule has 1 unspecified atom stereocenters. The lowest BCUT2D eigenvalue weighted by Gasteiger charge is -2.30. The molecule has 25 heavy (non-hydrogen) atoms. The number of rotatable bonds is 6. The van der Waals surface area contributed by atoms with E-state index in [-0.39, 0.29) is 5.92 Å². The van der Waals surface area contributed by atoms with E-state index >= 15 is 0 Å². The van der Waals surface area contributed by atoms with Crippen LogP contribution in [0.1, 0.15) is 30.5 Å². The maximum Gasteiger partial charge on any atom is 0.307 e. The van der Waals surface area contributed by atoms with Gasteiger partial charge in [0.15, 0.2) is 0 Å². The third-order valence-electron chi connectivity index (χ3n) is 4.83. The van der Waals surface area contributed by atoms with E-state index in [4.69, 9.17) is 0 Å². The van der Waals surface area contributed by atoms with Crippen LogP contribution in [0.3, 0.4) is 0 Å². The Labute approximate surface area is 148 Å². The fourth-order valence-corrected chi connectivity index (χ4v) is 3.48. The monoisotopic (exact) mass is 339 g/mol. The molecule has 5 nitrogen and oxygen atoms in total. The van der Waals surface area contributed by atoms with Gasteiger partial charge in [0.05, 0.1) is 11.6 Å². The molecule has 1 aliphatic rings. The standard InChI is InChI=1S/C20H25N3O2/c1-22-19(11-12-21-22)18(16-7-3-2-4-8-16)10-6-14-23-13-5-9-17(15-23)20(24)25/h2-4,7-8,10-12,17H,5-6,9,13-15H2,1H3,(H,24,25). The van der Waals surface area contributed by atoms with Crippen molar-refractivity contribution in [1.82, 2.24) is 14.7 Å². The van der Waals surface area contributed by atoms with Crippen LogP contribution in [0.15, 0.2) is 48.7 Å². The minimum absolute atomic E-state index is 0.219. The average molecular weight is 339 g/mol. The molecule has 0 aliphatic carbocycles. The molecule has 1 aliphatic heterocycles. The summed E-state index contributed by atoms with van der Waals surface area (Å²) in [7, 11) is 1.95. The van der Waals surface area contributed by atoms with Gasteiger partial charge in [0.25, 0.3) is 0 Å². The van der Waals surface area contributed by atoms with Crippen molar-refractivity contribution >= 4 is 11.5 Å². The lowest BCUT2D eigenvalue weighted by Crippen LogP contribution is -2.39. The molecule has 5 heteroatoms. The molecule has 0 saturated carbocycles. The molecule has 1 N–H and O–H groups in total. The second-order valence-corrected chi connectivity index (χ2v) is 6.59. The molecule has 1 aromatic carbocycles. The molecule has 2 aromatic rings. The van der Waals surface area contributed by atoms with Crippen LogP contribution >= 0.6 is 0 Å². The summed E-state index contributed by atoms with van der Waals surface area (Å²) in [5.74, 6) is -0.886. The number of aliphatic carboxylic acids is 1. The van der Waals surface area contributed by atoms with Crippen LogP contribution in [-0.2, 0) is 11.8 Å². The van der Waals surface area contributed by atoms with E-state index in [1.54, 1.807) is 0 Å². The average Bonchev–Trinajstić information content (AvgIpc) is 3.05. The number of piperidine rings is 1. The summed E-state index contributed by atoms with van der Waals surface area (Å²) in [6.07, 6.45) is 6.71. The van der Waals surface area contributed by atoms with Gasteiger partial charge in [0.1, 0.15) is 0 Å². The highest BCUT2D eigenvalue weighted by Crippen LogP contribution is 2.24. The lowest BCUT2D eigenvalue weighted by molar-refractivity contribution is -0.143. The Morgan fingerprint density at radius 1 is 1.32 bits per heavy atom. The van der Waals surface area contributed by atoms with Gasteiger partial charge in [-0.2, -0.15) is 5.10 Å². The molecule has 0 spiro atoms. The molecule has 2 heterocycles. The van der Waals surface area contributed by atoms with Crippen molar-refractivity contribution in [3.05, 3.63) is 59.9 Å². The second kappa shape index (κ2) is 8.12. The molecular weight excluding hydrogens is 314 g/mol. The maximum atomic E-state index is 11.2. The summed E-state index contributed by atoms with van der Waals surface area (Å²) in [5, 5.41) is 13.5. The fourth-order valence-electron chi connectivity index (χ4n) is 3.48. The number of aromatic nitrogens is 2. The SMILES string of the molecule is Cn1nccc1C(=CCCN1CCCC(C(=O)O)C1)c1ccccc1. The largest absolute Gasteiger partial charge is 0.481 e. The predicted molar refractivity (Wildman–Crippen MR) is 98.1 cm³/mol. The van der Waals surface area contributed by atoms with Gasteiger partial charge in [-0.1, -0.05) is 36.4 Å². The number of hydrogen-bond donors (Lipinski definition) is 1. The first-order valence-electron chi connectivity index (χ1n) is 8.84. The Bertz CT molecular complexity index is 736. The summed E-state index contributed by atoms with van der Waals surface area (Å²) in [6, 6.07) is 12.4. The first-order valence-corrected chi connectivity index (χ1v) is 8.84. The first kappa shape index (κ1) is 17.4. The highest BCUT2D eigenvalue weighted by molar-refractivity contribution is 5.78. The van der Waals surface area contributed by atoms with Crippen molar-refractivity contribution in [1.29, 1.82) is 0 Å². The number of carboxylic acids is 1. The van der Waals surface area contributed by atoms with Crippen LogP contribution in [0, 0.1) is 5.92 Å². The van der Waals surface area contributed by atoms with Gasteiger partial charge in [-0.25, -0.2) is 0 Å². The van der Waals surface area contributed by atoms with Crippen molar-refractivity contribution in [3.63, 3.8) is 0 Å². The molecule has 1 atom stereocenters. The van der Waals surface area contributed by atoms with E-state index in [1.807, 2.05) is 42.2 Å². The minimum Gasteiger partial charge on any atom is -0.481 e. The smallest absolute Gasteiger partial charge is 0.307 e. The highest BCUT2D eigenvalue weighted by Gasteiger charge is 2.24. The van der Waals surface area contributed by atoms with Gasteiger partial charge in [-0.05, 0) is 37.4 Å². The van der Waals surface area contributed by atoms with Crippen molar-refractivity contribution in [2.45, 2.75) is 19.3 Å². The zero-order chi connectivity index (χ0) is 17.6. The number of hydrogen-bond acceptors (Lipinski definition) is 3. The topological polar surface area (TPSA) is 58.4 Å². The number of aryl methyl sites for hydroxylation is 1. The van der Waals surface area contributed by atoms with E-state index in [2.05, 4.69) is 28.2 Å². The van der Waals surface area contributed by atoms with E-state index in [0.29, 0.717) is 6.54 Å². The zero-order valence-electron chi connectivity index (χ0n) is 14.6. The van der Waals surface area contributed by atoms with Crippen molar-refractivity contribution in [2.24, 2.45) is 13.0 Å². The number of carboxylic acid groups (broad SMARTS) is 1. The number of benzene rings is 1. The van der Waals surface area contributed by atoms with Crippen LogP contribution in [0.2, 0.25) is 0 Å². The number of nitrogens with zero attached hydrogens (tertiary/aromatic N) is 3. The molecule has 1 aromatic heterocycles. The van der Waals surface area contributed by atoms with Crippen molar-refractivity contribution in [3.8, 4) is 0 Å². The molecule has 1 fully saturated rings. The molecular formula is C20H25N3O2. The summed E-state index contributed by atoms with van der Waals surface area (Å²) in [4.78, 5) is 13.5. The van der Waals surface area contributed by atoms with Crippen LogP contribution < -0.4 is 0 Å². The summed E-state index contributed by atoms with van der Waals surface area (Å²) >= 11 is 0. The molecule has 3 rings (SSSR count). The molecule has 0 radical (unpaired) electrons. The van der Waals surface area contributed by atoms with Gasteiger partial charge in [-0.15, -0.1) is 0 Å². The zero-order valence-corrected chi connectivity index (χ0v) is 14.6. The lowest BCUT2D eigenvalue weighted by atomic mass is 9.97. The Kier molecular flexibility index (Phi) is 5.66. The van der Waals surface area contributed by atoms with Gasteiger partial charge in [0.2, 0.25) is 0 Å². The Hall–Kier alpha value is -2.40. The minimum atomic E-state index is -0.667. The Morgan fingerprint density at radius 2 is 2.12 bits per heavy atom. The van der Waals surface area contributed by atoms with Gasteiger partial charge < -0.3 is 10.0 Å². The van der Waals surface area contributed by atoms with Gasteiger partial charge >= 0.3 is 5.97 Å². The molecule has 1 saturated heterocycles. The highest BCUT2D eigenvalue weighted by atomic mass is 16.4. The van der Waals surface area contributed by atoms with E-state index in [1.165, 1.54) is 11.1 Å². The fraction of sp³-hybridized carbons (Fsp3) is 0.400. The summed E-state index contributed by atoms with van der Waals surface area (Å²) in [6.45, 7) is 2.54. The number of likely N-dealkylation sites (tertiary alicyclic amines) is 1. The number of carbonyl (C=O) groups is 1. The van der Waals surface area contributed by atoms with Gasteiger partial charge in [-0.3, -0.25) is 9.48 Å². The molecule has 132 valence electrons. The summed E-state index contributed by atoms with van der Waals surface area (Å²) < 4.78 is 1.89. The molecule has 0 bridgehead atoms. The van der Waals surface area contributed by atoms with Crippen molar-refractivity contribution in [2.75, 3.05) is 19.6 Å². The van der Waals surface area contributed by atoms with Crippen LogP contribution in [0.5, 0.6) is 0 Å². The van der Waals surface area contributed by atoms with Crippen molar-refractivity contribution < 1.29 is 9.90 Å². The van der Waals surface area contributed by atoms with Crippen LogP contribution in [0.4, 0.5) is 0 Å². The van der Waals surface area contributed by atoms with E-state index in [0.717, 1.165) is 38.0 Å². The normalized spacial score (nSPS) is 19.1. The first-order chi connectivity index (χ1) is 12.1. The van der Waals surface area contributed by atoms with E-state index in [9.17, 15) is 9.90 Å². The third kappa shape index (κ3) is 4.37. The second-order valence-electron chi connectivity index (χ2n) is 6.59. The Balaban J connectivity index is 1.72. The molecule has 0 amide bonds. The van der Waals surface area contributed by atoms with Crippen LogP contribution in [0.25, 0.3) is 5.57 Å².